The van der Waals surface area contributed by atoms with Gasteiger partial charge in [-0.2, -0.15) is 0 Å². The third kappa shape index (κ3) is 5.36. The van der Waals surface area contributed by atoms with E-state index in [1.165, 1.54) is 0 Å². The van der Waals surface area contributed by atoms with Crippen molar-refractivity contribution in [1.29, 1.82) is 0 Å². The predicted molar refractivity (Wildman–Crippen MR) is 79.7 cm³/mol. The lowest BCUT2D eigenvalue weighted by molar-refractivity contribution is -0.141. The van der Waals surface area contributed by atoms with E-state index >= 15 is 0 Å². The first-order valence-electron chi connectivity index (χ1n) is 7.40. The van der Waals surface area contributed by atoms with Crippen LogP contribution < -0.4 is 4.74 Å². The van der Waals surface area contributed by atoms with Crippen LogP contribution in [0.2, 0.25) is 0 Å². The molecule has 1 aliphatic rings. The summed E-state index contributed by atoms with van der Waals surface area (Å²) in [5.41, 5.74) is 1.02. The Morgan fingerprint density at radius 3 is 2.62 bits per heavy atom. The second kappa shape index (κ2) is 8.00. The number of rotatable bonds is 7. The summed E-state index contributed by atoms with van der Waals surface area (Å²) in [6, 6.07) is 7.68. The molecule has 1 fully saturated rings. The van der Waals surface area contributed by atoms with Gasteiger partial charge in [0.25, 0.3) is 0 Å². The van der Waals surface area contributed by atoms with Gasteiger partial charge in [0.1, 0.15) is 12.4 Å². The Morgan fingerprint density at radius 2 is 2.00 bits per heavy atom. The first-order valence-corrected chi connectivity index (χ1v) is 7.40. The SMILES string of the molecule is C[C@H](Cc1ccc(OCCN2CCOCC2)cc1)C(=O)O. The van der Waals surface area contributed by atoms with E-state index in [1.807, 2.05) is 24.3 Å². The summed E-state index contributed by atoms with van der Waals surface area (Å²) in [5, 5.41) is 8.90. The second-order valence-corrected chi connectivity index (χ2v) is 5.39. The minimum Gasteiger partial charge on any atom is -0.492 e. The number of aliphatic carboxylic acids is 1. The Balaban J connectivity index is 1.73. The normalized spacial score (nSPS) is 17.4. The minimum atomic E-state index is -0.763. The molecule has 0 radical (unpaired) electrons. The fourth-order valence-corrected chi connectivity index (χ4v) is 2.28. The molecule has 1 aromatic carbocycles. The predicted octanol–water partition coefficient (Wildman–Crippen LogP) is 1.66. The van der Waals surface area contributed by atoms with Gasteiger partial charge < -0.3 is 14.6 Å². The molecular weight excluding hydrogens is 270 g/mol. The van der Waals surface area contributed by atoms with E-state index in [-0.39, 0.29) is 5.92 Å². The largest absolute Gasteiger partial charge is 0.492 e. The Hall–Kier alpha value is -1.59. The van der Waals surface area contributed by atoms with E-state index in [0.29, 0.717) is 13.0 Å². The van der Waals surface area contributed by atoms with E-state index < -0.39 is 5.97 Å². The maximum atomic E-state index is 10.8. The maximum absolute atomic E-state index is 10.8. The van der Waals surface area contributed by atoms with Crippen LogP contribution in [0, 0.1) is 5.92 Å². The highest BCUT2D eigenvalue weighted by Gasteiger charge is 2.12. The quantitative estimate of drug-likeness (QED) is 0.828. The van der Waals surface area contributed by atoms with Crippen LogP contribution in [-0.2, 0) is 16.0 Å². The molecule has 0 spiro atoms. The Bertz CT molecular complexity index is 440. The van der Waals surface area contributed by atoms with Gasteiger partial charge >= 0.3 is 5.97 Å². The average molecular weight is 293 g/mol. The van der Waals surface area contributed by atoms with Crippen LogP contribution in [0.4, 0.5) is 0 Å². The number of ether oxygens (including phenoxy) is 2. The molecule has 1 saturated heterocycles. The first-order chi connectivity index (χ1) is 10.1. The maximum Gasteiger partial charge on any atom is 0.306 e. The molecule has 1 heterocycles. The molecule has 0 amide bonds. The summed E-state index contributed by atoms with van der Waals surface area (Å²) in [5.74, 6) is -0.297. The van der Waals surface area contributed by atoms with Crippen molar-refractivity contribution in [3.8, 4) is 5.75 Å². The molecule has 1 N–H and O–H groups in total. The van der Waals surface area contributed by atoms with Gasteiger partial charge in [0.2, 0.25) is 0 Å². The number of hydrogen-bond donors (Lipinski definition) is 1. The highest BCUT2D eigenvalue weighted by Crippen LogP contribution is 2.15. The standard InChI is InChI=1S/C16H23NO4/c1-13(16(18)19)12-14-2-4-15(5-3-14)21-11-8-17-6-9-20-10-7-17/h2-5,13H,6-12H2,1H3,(H,18,19)/t13-/m1/s1. The zero-order valence-electron chi connectivity index (χ0n) is 12.5. The van der Waals surface area contributed by atoms with Crippen molar-refractivity contribution in [2.75, 3.05) is 39.5 Å². The van der Waals surface area contributed by atoms with Gasteiger partial charge in [0.05, 0.1) is 19.1 Å². The van der Waals surface area contributed by atoms with Crippen LogP contribution in [0.15, 0.2) is 24.3 Å². The highest BCUT2D eigenvalue weighted by molar-refractivity contribution is 5.69. The van der Waals surface area contributed by atoms with Crippen molar-refractivity contribution in [3.63, 3.8) is 0 Å². The van der Waals surface area contributed by atoms with Gasteiger partial charge in [-0.3, -0.25) is 9.69 Å². The third-order valence-corrected chi connectivity index (χ3v) is 3.67. The van der Waals surface area contributed by atoms with E-state index in [9.17, 15) is 4.79 Å². The molecule has 0 aliphatic carbocycles. The van der Waals surface area contributed by atoms with E-state index in [4.69, 9.17) is 14.6 Å². The van der Waals surface area contributed by atoms with Gasteiger partial charge in [-0.1, -0.05) is 19.1 Å². The Kier molecular flexibility index (Phi) is 6.02. The Morgan fingerprint density at radius 1 is 1.33 bits per heavy atom. The zero-order chi connectivity index (χ0) is 15.1. The number of morpholine rings is 1. The molecule has 5 heteroatoms. The summed E-state index contributed by atoms with van der Waals surface area (Å²) < 4.78 is 11.0. The highest BCUT2D eigenvalue weighted by atomic mass is 16.5. The molecule has 1 aliphatic heterocycles. The van der Waals surface area contributed by atoms with Gasteiger partial charge in [0.15, 0.2) is 0 Å². The first kappa shape index (κ1) is 15.8. The number of carboxylic acids is 1. The van der Waals surface area contributed by atoms with Crippen molar-refractivity contribution >= 4 is 5.97 Å². The van der Waals surface area contributed by atoms with Crippen molar-refractivity contribution in [1.82, 2.24) is 4.90 Å². The lowest BCUT2D eigenvalue weighted by Crippen LogP contribution is -2.38. The van der Waals surface area contributed by atoms with Gasteiger partial charge in [-0.15, -0.1) is 0 Å². The second-order valence-electron chi connectivity index (χ2n) is 5.39. The summed E-state index contributed by atoms with van der Waals surface area (Å²) in [7, 11) is 0. The molecule has 0 saturated carbocycles. The number of carbonyl (C=O) groups is 1. The van der Waals surface area contributed by atoms with Crippen LogP contribution in [0.5, 0.6) is 5.75 Å². The molecule has 0 bridgehead atoms. The fourth-order valence-electron chi connectivity index (χ4n) is 2.28. The average Bonchev–Trinajstić information content (AvgIpc) is 2.50. The molecule has 1 atom stereocenters. The topological polar surface area (TPSA) is 59.0 Å². The van der Waals surface area contributed by atoms with Crippen molar-refractivity contribution in [3.05, 3.63) is 29.8 Å². The monoisotopic (exact) mass is 293 g/mol. The molecule has 1 aromatic rings. The fraction of sp³-hybridized carbons (Fsp3) is 0.562. The molecule has 21 heavy (non-hydrogen) atoms. The number of benzene rings is 1. The molecular formula is C16H23NO4. The van der Waals surface area contributed by atoms with E-state index in [2.05, 4.69) is 4.90 Å². The van der Waals surface area contributed by atoms with E-state index in [0.717, 1.165) is 44.2 Å². The van der Waals surface area contributed by atoms with Crippen molar-refractivity contribution in [2.24, 2.45) is 5.92 Å². The summed E-state index contributed by atoms with van der Waals surface area (Å²) in [4.78, 5) is 13.1. The van der Waals surface area contributed by atoms with Crippen molar-refractivity contribution < 1.29 is 19.4 Å². The van der Waals surface area contributed by atoms with Crippen LogP contribution in [0.3, 0.4) is 0 Å². The molecule has 116 valence electrons. The number of hydrogen-bond acceptors (Lipinski definition) is 4. The zero-order valence-corrected chi connectivity index (χ0v) is 12.5. The molecule has 5 nitrogen and oxygen atoms in total. The molecule has 0 aromatic heterocycles. The molecule has 2 rings (SSSR count). The summed E-state index contributed by atoms with van der Waals surface area (Å²) >= 11 is 0. The summed E-state index contributed by atoms with van der Waals surface area (Å²) in [6.45, 7) is 6.82. The minimum absolute atomic E-state index is 0.363. The van der Waals surface area contributed by atoms with E-state index in [1.54, 1.807) is 6.92 Å². The summed E-state index contributed by atoms with van der Waals surface area (Å²) in [6.07, 6.45) is 0.545. The number of carboxylic acid groups (broad SMARTS) is 1. The van der Waals surface area contributed by atoms with Gasteiger partial charge in [-0.25, -0.2) is 0 Å². The lowest BCUT2D eigenvalue weighted by Gasteiger charge is -2.26. The van der Waals surface area contributed by atoms with Gasteiger partial charge in [0, 0.05) is 19.6 Å². The Labute approximate surface area is 125 Å². The third-order valence-electron chi connectivity index (χ3n) is 3.67. The van der Waals surface area contributed by atoms with Crippen LogP contribution in [-0.4, -0.2) is 55.4 Å². The molecule has 0 unspecified atom stereocenters. The number of nitrogens with zero attached hydrogens (tertiary/aromatic N) is 1. The van der Waals surface area contributed by atoms with Gasteiger partial charge in [-0.05, 0) is 24.1 Å². The lowest BCUT2D eigenvalue weighted by atomic mass is 10.0. The smallest absolute Gasteiger partial charge is 0.306 e. The van der Waals surface area contributed by atoms with Crippen LogP contribution in [0.25, 0.3) is 0 Å². The van der Waals surface area contributed by atoms with Crippen LogP contribution in [0.1, 0.15) is 12.5 Å². The van der Waals surface area contributed by atoms with Crippen LogP contribution >= 0.6 is 0 Å². The van der Waals surface area contributed by atoms with Crippen molar-refractivity contribution in [2.45, 2.75) is 13.3 Å².